The van der Waals surface area contributed by atoms with Crippen molar-refractivity contribution in [1.29, 1.82) is 0 Å². The minimum Gasteiger partial charge on any atom is -0.445 e. The number of primary amides is 1. The van der Waals surface area contributed by atoms with Crippen molar-refractivity contribution in [2.24, 2.45) is 5.73 Å². The molecule has 88 heavy (non-hydrogen) atoms. The van der Waals surface area contributed by atoms with Crippen molar-refractivity contribution < 1.29 is 67.3 Å². The fourth-order valence-electron chi connectivity index (χ4n) is 10.3. The van der Waals surface area contributed by atoms with Crippen molar-refractivity contribution >= 4 is 104 Å². The molecule has 5 aromatic carbocycles. The molecular formula is C60H62N12O16. The zero-order chi connectivity index (χ0) is 63.3. The third-order valence-corrected chi connectivity index (χ3v) is 14.8. The van der Waals surface area contributed by atoms with E-state index in [1.54, 1.807) is 30.3 Å². The number of non-ortho nitro benzene ring substituents is 2. The van der Waals surface area contributed by atoms with E-state index in [-0.39, 0.29) is 135 Å². The van der Waals surface area contributed by atoms with Crippen molar-refractivity contribution in [2.45, 2.75) is 70.6 Å². The molecule has 1 unspecified atom stereocenters. The zero-order valence-electron chi connectivity index (χ0n) is 47.7. The summed E-state index contributed by atoms with van der Waals surface area (Å²) in [6, 6.07) is 17.0. The van der Waals surface area contributed by atoms with Crippen molar-refractivity contribution in [2.75, 3.05) is 57.7 Å². The summed E-state index contributed by atoms with van der Waals surface area (Å²) < 4.78 is 5.73. The van der Waals surface area contributed by atoms with Gasteiger partial charge in [-0.1, -0.05) is 49.4 Å². The second-order valence-corrected chi connectivity index (χ2v) is 21.0. The summed E-state index contributed by atoms with van der Waals surface area (Å²) in [5, 5.41) is 38.4. The summed E-state index contributed by atoms with van der Waals surface area (Å²) in [7, 11) is 0. The van der Waals surface area contributed by atoms with E-state index >= 15 is 0 Å². The van der Waals surface area contributed by atoms with Crippen LogP contribution in [0.3, 0.4) is 0 Å². The predicted molar refractivity (Wildman–Crippen MR) is 316 cm³/mol. The highest BCUT2D eigenvalue weighted by Gasteiger charge is 2.37. The van der Waals surface area contributed by atoms with Crippen molar-refractivity contribution in [3.05, 3.63) is 157 Å². The molecule has 0 radical (unpaired) electrons. The largest absolute Gasteiger partial charge is 0.445 e. The van der Waals surface area contributed by atoms with Crippen LogP contribution < -0.4 is 32.3 Å². The van der Waals surface area contributed by atoms with Crippen LogP contribution in [0.4, 0.5) is 26.7 Å². The van der Waals surface area contributed by atoms with E-state index in [1.165, 1.54) is 66.4 Å². The highest BCUT2D eigenvalue weighted by Crippen LogP contribution is 2.35. The van der Waals surface area contributed by atoms with Crippen LogP contribution in [0.1, 0.15) is 98.9 Å². The molecule has 8 rings (SSSR count). The molecule has 28 nitrogen and oxygen atoms in total. The Hall–Kier alpha value is -10.8. The number of rotatable bonds is 30. The first-order chi connectivity index (χ1) is 42.1. The van der Waals surface area contributed by atoms with E-state index in [0.29, 0.717) is 41.0 Å². The number of nitrogens with zero attached hydrogens (tertiary/aromatic N) is 6. The van der Waals surface area contributed by atoms with Gasteiger partial charge >= 0.3 is 12.1 Å². The van der Waals surface area contributed by atoms with Gasteiger partial charge in [0.25, 0.3) is 46.8 Å². The summed E-state index contributed by atoms with van der Waals surface area (Å²) in [6.07, 6.45) is 3.35. The molecule has 0 fully saturated rings. The molecule has 7 N–H and O–H groups in total. The molecule has 458 valence electrons. The van der Waals surface area contributed by atoms with Gasteiger partial charge in [0.2, 0.25) is 17.7 Å². The van der Waals surface area contributed by atoms with Crippen LogP contribution in [-0.4, -0.2) is 159 Å². The van der Waals surface area contributed by atoms with Crippen LogP contribution in [0.2, 0.25) is 0 Å². The van der Waals surface area contributed by atoms with Crippen LogP contribution in [0.15, 0.2) is 109 Å². The van der Waals surface area contributed by atoms with Gasteiger partial charge in [-0.15, -0.1) is 0 Å². The number of nitro benzene ring substituents is 2. The Labute approximate surface area is 501 Å². The van der Waals surface area contributed by atoms with Gasteiger partial charge in [-0.05, 0) is 91.7 Å². The lowest BCUT2D eigenvalue weighted by molar-refractivity contribution is -0.384. The molecule has 0 saturated carbocycles. The predicted octanol–water partition coefficient (Wildman–Crippen LogP) is 4.74. The Bertz CT molecular complexity index is 3720. The molecule has 0 aromatic heterocycles. The first-order valence-corrected chi connectivity index (χ1v) is 28.1. The quantitative estimate of drug-likeness (QED) is 0.0119. The Morgan fingerprint density at radius 2 is 1.22 bits per heavy atom. The normalized spacial score (nSPS) is 14.0. The molecule has 12 amide bonds. The van der Waals surface area contributed by atoms with Crippen LogP contribution >= 0.6 is 0 Å². The number of urea groups is 1. The molecule has 0 saturated heterocycles. The maximum absolute atomic E-state index is 14.0. The van der Waals surface area contributed by atoms with Crippen molar-refractivity contribution in [3.63, 3.8) is 0 Å². The summed E-state index contributed by atoms with van der Waals surface area (Å²) in [5.41, 5.74) is 5.84. The number of imide groups is 3. The van der Waals surface area contributed by atoms with Gasteiger partial charge < -0.3 is 42.0 Å². The molecule has 0 bridgehead atoms. The number of nitro groups is 2. The summed E-state index contributed by atoms with van der Waals surface area (Å²) >= 11 is 0. The topological polar surface area (TPSA) is 382 Å². The van der Waals surface area contributed by atoms with Crippen LogP contribution in [-0.2, 0) is 35.3 Å². The number of hydrogen-bond acceptors (Lipinski definition) is 17. The van der Waals surface area contributed by atoms with Gasteiger partial charge in [0.15, 0.2) is 0 Å². The third-order valence-electron chi connectivity index (χ3n) is 14.8. The fraction of sp³-hybridized carbons (Fsp3) is 0.317. The Morgan fingerprint density at radius 3 is 1.78 bits per heavy atom. The van der Waals surface area contributed by atoms with Crippen molar-refractivity contribution in [1.82, 2.24) is 40.9 Å². The van der Waals surface area contributed by atoms with Crippen LogP contribution in [0.25, 0.3) is 21.5 Å². The minimum atomic E-state index is -1.23. The van der Waals surface area contributed by atoms with Crippen LogP contribution in [0.5, 0.6) is 0 Å². The fourth-order valence-corrected chi connectivity index (χ4v) is 10.3. The summed E-state index contributed by atoms with van der Waals surface area (Å²) in [5.74, 6) is -5.45. The number of benzene rings is 5. The lowest BCUT2D eigenvalue weighted by atomic mass is 9.93. The molecule has 0 aliphatic carbocycles. The van der Waals surface area contributed by atoms with E-state index in [4.69, 9.17) is 10.5 Å². The number of carbonyl (C=O) groups is 11. The van der Waals surface area contributed by atoms with E-state index in [1.807, 2.05) is 0 Å². The Morgan fingerprint density at radius 1 is 0.636 bits per heavy atom. The lowest BCUT2D eigenvalue weighted by Crippen LogP contribution is -2.53. The zero-order valence-corrected chi connectivity index (χ0v) is 47.7. The van der Waals surface area contributed by atoms with Gasteiger partial charge in [0, 0.05) is 116 Å². The molecular weight excluding hydrogens is 1140 g/mol. The van der Waals surface area contributed by atoms with Gasteiger partial charge in [-0.25, -0.2) is 9.59 Å². The number of hydrogen-bond donors (Lipinski definition) is 6. The van der Waals surface area contributed by atoms with Gasteiger partial charge in [0.1, 0.15) is 18.7 Å². The average Bonchev–Trinajstić information content (AvgIpc) is 0.929. The molecule has 3 aliphatic heterocycles. The molecule has 3 aliphatic rings. The Balaban J connectivity index is 0.884. The molecule has 0 spiro atoms. The smallest absolute Gasteiger partial charge is 0.410 e. The number of anilines is 1. The maximum Gasteiger partial charge on any atom is 0.410 e. The number of carbonyl (C=O) groups excluding carboxylic acids is 11. The second kappa shape index (κ2) is 28.4. The standard InChI is InChI=1S/C60H62N12O16/c1-35(2)52(66-47(73)15-4-3-5-26-68-48(74)20-21-49(68)75)54(77)65-46(14-8-23-63-59(61)82)53(76)64-39-18-16-36(17-19-39)34-88-60(83)67(28-29-70-56(79)43-13-7-11-38-31-41(72(86)87)33-45(51(38)43)58(70)81)25-9-22-62-24-27-69-55(78)42-12-6-10-37-30-40(71(84)85)32-44(50(37)42)57(69)80/h6-7,10-13,16-21,30-33,46,52,62H,1,3-5,8-9,14-15,22-29,34H2,2H3,(H,64,76)(H,65,77)(H,66,73)(H3,61,63,82)/t46-,52?/m0/s1. The molecule has 3 heterocycles. The van der Waals surface area contributed by atoms with Gasteiger partial charge in [-0.3, -0.25) is 78.1 Å². The second-order valence-electron chi connectivity index (χ2n) is 21.0. The lowest BCUT2D eigenvalue weighted by Gasteiger charge is -2.30. The van der Waals surface area contributed by atoms with Gasteiger partial charge in [-0.2, -0.15) is 0 Å². The van der Waals surface area contributed by atoms with Crippen LogP contribution in [0, 0.1) is 20.2 Å². The van der Waals surface area contributed by atoms with Gasteiger partial charge in [0.05, 0.1) is 21.0 Å². The molecule has 28 heteroatoms. The summed E-state index contributed by atoms with van der Waals surface area (Å²) in [6.45, 7) is 4.89. The van der Waals surface area contributed by atoms with E-state index in [9.17, 15) is 73.0 Å². The first-order valence-electron chi connectivity index (χ1n) is 28.1. The molecule has 5 aromatic rings. The Kier molecular flexibility index (Phi) is 20.4. The number of unbranched alkanes of at least 4 members (excludes halogenated alkanes) is 2. The number of nitrogens with one attached hydrogen (secondary N) is 5. The number of nitrogens with two attached hydrogens (primary N) is 1. The van der Waals surface area contributed by atoms with E-state index in [0.717, 1.165) is 26.8 Å². The monoisotopic (exact) mass is 1210 g/mol. The number of ether oxygens (including phenoxy) is 1. The highest BCUT2D eigenvalue weighted by atomic mass is 16.6. The maximum atomic E-state index is 14.0. The third kappa shape index (κ3) is 15.0. The number of amides is 12. The van der Waals surface area contributed by atoms with Crippen molar-refractivity contribution in [3.8, 4) is 0 Å². The molecule has 2 atom stereocenters. The summed E-state index contributed by atoms with van der Waals surface area (Å²) in [4.78, 5) is 171. The average molecular weight is 1210 g/mol. The highest BCUT2D eigenvalue weighted by molar-refractivity contribution is 6.27. The first kappa shape index (κ1) is 63.3. The SMILES string of the molecule is C=C(C)C(NC(=O)CCCCCN1C(=O)C=CC1=O)C(=O)N[C@@H](CCCNC(N)=O)C(=O)Nc1ccc(COC(=O)N(CCCNCCN2C(=O)c3cccc4cc([N+](=O)[O-])cc(c34)C2=O)CCN2C(=O)c3cccc4cc([N+](=O)[O-])cc(c34)C2=O)cc1. The van der Waals surface area contributed by atoms with E-state index < -0.39 is 87.2 Å². The minimum absolute atomic E-state index is 0.0162. The van der Waals surface area contributed by atoms with E-state index in [2.05, 4.69) is 33.2 Å².